The van der Waals surface area contributed by atoms with Gasteiger partial charge in [0.05, 0.1) is 11.6 Å². The van der Waals surface area contributed by atoms with Gasteiger partial charge in [-0.1, -0.05) is 6.08 Å². The second kappa shape index (κ2) is 5.32. The average molecular weight is 344 g/mol. The van der Waals surface area contributed by atoms with Gasteiger partial charge < -0.3 is 15.4 Å². The van der Waals surface area contributed by atoms with E-state index >= 15 is 0 Å². The molecule has 0 spiro atoms. The zero-order chi connectivity index (χ0) is 17.4. The van der Waals surface area contributed by atoms with Crippen LogP contribution in [0.4, 0.5) is 0 Å². The fourth-order valence-corrected chi connectivity index (χ4v) is 7.51. The van der Waals surface area contributed by atoms with Crippen molar-refractivity contribution in [3.05, 3.63) is 12.7 Å². The molecule has 25 heavy (non-hydrogen) atoms. The van der Waals surface area contributed by atoms with Crippen LogP contribution in [0, 0.1) is 23.2 Å². The van der Waals surface area contributed by atoms with Crippen molar-refractivity contribution in [2.75, 3.05) is 7.11 Å². The van der Waals surface area contributed by atoms with E-state index in [0.717, 1.165) is 30.6 Å². The first-order valence-corrected chi connectivity index (χ1v) is 10.2. The van der Waals surface area contributed by atoms with E-state index in [1.807, 2.05) is 13.2 Å². The van der Waals surface area contributed by atoms with Crippen molar-refractivity contribution < 1.29 is 9.53 Å². The van der Waals surface area contributed by atoms with Crippen LogP contribution < -0.4 is 5.73 Å². The lowest BCUT2D eigenvalue weighted by atomic mass is 9.46. The van der Waals surface area contributed by atoms with E-state index < -0.39 is 0 Å². The number of likely N-dealkylation sites (tertiary alicyclic amines) is 1. The van der Waals surface area contributed by atoms with Crippen LogP contribution in [0.1, 0.15) is 57.8 Å². The Bertz CT molecular complexity index is 589. The molecule has 5 saturated carbocycles. The second-order valence-corrected chi connectivity index (χ2v) is 9.92. The molecular weight excluding hydrogens is 312 g/mol. The number of amides is 1. The maximum Gasteiger partial charge on any atom is 0.224 e. The van der Waals surface area contributed by atoms with Gasteiger partial charge in [-0.25, -0.2) is 0 Å². The molecule has 0 radical (unpaired) electrons. The van der Waals surface area contributed by atoms with Crippen molar-refractivity contribution in [3.8, 4) is 0 Å². The monoisotopic (exact) mass is 344 g/mol. The number of ether oxygens (including phenoxy) is 1. The van der Waals surface area contributed by atoms with Crippen LogP contribution in [-0.4, -0.2) is 41.6 Å². The quantitative estimate of drug-likeness (QED) is 0.780. The Morgan fingerprint density at radius 1 is 1.28 bits per heavy atom. The van der Waals surface area contributed by atoms with Gasteiger partial charge in [0.1, 0.15) is 0 Å². The summed E-state index contributed by atoms with van der Waals surface area (Å²) in [6.45, 7) is 3.94. The van der Waals surface area contributed by atoms with Crippen LogP contribution in [0.3, 0.4) is 0 Å². The summed E-state index contributed by atoms with van der Waals surface area (Å²) in [5, 5.41) is 0. The number of hydrogen-bond donors (Lipinski definition) is 1. The number of hydrogen-bond acceptors (Lipinski definition) is 3. The van der Waals surface area contributed by atoms with E-state index in [9.17, 15) is 4.79 Å². The lowest BCUT2D eigenvalue weighted by molar-refractivity contribution is -0.187. The van der Waals surface area contributed by atoms with Gasteiger partial charge in [-0.3, -0.25) is 4.79 Å². The molecule has 1 heterocycles. The van der Waals surface area contributed by atoms with E-state index in [0.29, 0.717) is 12.5 Å². The molecule has 6 atom stereocenters. The highest BCUT2D eigenvalue weighted by molar-refractivity contribution is 5.79. The summed E-state index contributed by atoms with van der Waals surface area (Å²) in [6, 6.07) is 0.693. The Morgan fingerprint density at radius 2 is 2.00 bits per heavy atom. The van der Waals surface area contributed by atoms with Crippen molar-refractivity contribution in [2.45, 2.75) is 81.5 Å². The second-order valence-electron chi connectivity index (χ2n) is 9.92. The fourth-order valence-electron chi connectivity index (χ4n) is 7.51. The molecule has 6 aliphatic rings. The minimum absolute atomic E-state index is 0.0244. The van der Waals surface area contributed by atoms with Crippen LogP contribution in [-0.2, 0) is 9.53 Å². The molecule has 2 unspecified atom stereocenters. The van der Waals surface area contributed by atoms with Crippen LogP contribution in [0.25, 0.3) is 0 Å². The number of fused-ring (bicyclic) bond motifs is 1. The maximum atomic E-state index is 13.1. The standard InChI is InChI=1S/C21H32N2O2/c1-3-16-5-15-6-17(15)23(16)19(24)7-18(22)20-8-13-4-14(9-20)11-21(10-13,12-20)25-2/h3,13-18H,1,4-12,22H2,2H3/t13?,14?,15-,16-,17+,18-,20?,21?/m1/s1. The Balaban J connectivity index is 1.33. The summed E-state index contributed by atoms with van der Waals surface area (Å²) >= 11 is 0. The van der Waals surface area contributed by atoms with E-state index in [1.54, 1.807) is 0 Å². The number of rotatable bonds is 5. The molecule has 6 rings (SSSR count). The van der Waals surface area contributed by atoms with Crippen LogP contribution in [0.15, 0.2) is 12.7 Å². The molecule has 1 saturated heterocycles. The third-order valence-electron chi connectivity index (χ3n) is 8.37. The van der Waals surface area contributed by atoms with Gasteiger partial charge in [0, 0.05) is 25.6 Å². The topological polar surface area (TPSA) is 55.6 Å². The number of carbonyl (C=O) groups excluding carboxylic acids is 1. The molecule has 4 heteroatoms. The lowest BCUT2D eigenvalue weighted by Gasteiger charge is -2.63. The number of methoxy groups -OCH3 is 1. The van der Waals surface area contributed by atoms with Crippen molar-refractivity contribution in [3.63, 3.8) is 0 Å². The molecule has 4 bridgehead atoms. The Hall–Kier alpha value is -0.870. The molecule has 138 valence electrons. The van der Waals surface area contributed by atoms with Crippen molar-refractivity contribution in [2.24, 2.45) is 28.9 Å². The molecule has 0 aromatic carbocycles. The largest absolute Gasteiger partial charge is 0.378 e. The van der Waals surface area contributed by atoms with E-state index in [-0.39, 0.29) is 29.0 Å². The molecule has 6 fully saturated rings. The predicted molar refractivity (Wildman–Crippen MR) is 96.8 cm³/mol. The molecule has 2 N–H and O–H groups in total. The van der Waals surface area contributed by atoms with E-state index in [1.165, 1.54) is 38.5 Å². The summed E-state index contributed by atoms with van der Waals surface area (Å²) in [5.74, 6) is 2.50. The molecular formula is C21H32N2O2. The first-order valence-electron chi connectivity index (χ1n) is 10.2. The third-order valence-corrected chi connectivity index (χ3v) is 8.37. The Labute approximate surface area is 151 Å². The number of nitrogens with two attached hydrogens (primary N) is 1. The summed E-state index contributed by atoms with van der Waals surface area (Å²) < 4.78 is 6.02. The van der Waals surface area contributed by atoms with E-state index in [2.05, 4.69) is 11.5 Å². The van der Waals surface area contributed by atoms with Crippen LogP contribution in [0.2, 0.25) is 0 Å². The zero-order valence-corrected chi connectivity index (χ0v) is 15.5. The Morgan fingerprint density at radius 3 is 2.64 bits per heavy atom. The lowest BCUT2D eigenvalue weighted by Crippen LogP contribution is -2.62. The fraction of sp³-hybridized carbons (Fsp3) is 0.857. The summed E-state index contributed by atoms with van der Waals surface area (Å²) in [4.78, 5) is 15.2. The van der Waals surface area contributed by atoms with Gasteiger partial charge in [0.25, 0.3) is 0 Å². The number of piperidine rings is 1. The zero-order valence-electron chi connectivity index (χ0n) is 15.5. The van der Waals surface area contributed by atoms with Gasteiger partial charge in [0.15, 0.2) is 0 Å². The molecule has 1 aliphatic heterocycles. The van der Waals surface area contributed by atoms with Crippen LogP contribution >= 0.6 is 0 Å². The van der Waals surface area contributed by atoms with Crippen LogP contribution in [0.5, 0.6) is 0 Å². The highest BCUT2D eigenvalue weighted by atomic mass is 16.5. The minimum Gasteiger partial charge on any atom is -0.378 e. The molecule has 4 nitrogen and oxygen atoms in total. The molecule has 0 aromatic heterocycles. The molecule has 5 aliphatic carbocycles. The SMILES string of the molecule is C=C[C@@H]1C[C@@H]2C[C@@H]2N1C(=O)C[C@@H](N)C12CC3CC(CC(OC)(C3)C1)C2. The first-order chi connectivity index (χ1) is 12.0. The highest BCUT2D eigenvalue weighted by Crippen LogP contribution is 2.64. The first kappa shape index (κ1) is 16.3. The van der Waals surface area contributed by atoms with Gasteiger partial charge in [0.2, 0.25) is 5.91 Å². The maximum absolute atomic E-state index is 13.1. The van der Waals surface area contributed by atoms with Crippen molar-refractivity contribution in [1.82, 2.24) is 4.90 Å². The van der Waals surface area contributed by atoms with Gasteiger partial charge >= 0.3 is 0 Å². The average Bonchev–Trinajstić information content (AvgIpc) is 3.23. The predicted octanol–water partition coefficient (Wildman–Crippen LogP) is 2.86. The van der Waals surface area contributed by atoms with Crippen molar-refractivity contribution >= 4 is 5.91 Å². The minimum atomic E-state index is -0.0244. The molecule has 0 aromatic rings. The smallest absolute Gasteiger partial charge is 0.224 e. The van der Waals surface area contributed by atoms with Gasteiger partial charge in [-0.15, -0.1) is 6.58 Å². The normalized spacial score (nSPS) is 50.6. The summed E-state index contributed by atoms with van der Waals surface area (Å²) in [5.41, 5.74) is 6.94. The van der Waals surface area contributed by atoms with Gasteiger partial charge in [-0.2, -0.15) is 0 Å². The van der Waals surface area contributed by atoms with E-state index in [4.69, 9.17) is 10.5 Å². The molecule has 1 amide bonds. The number of nitrogens with zero attached hydrogens (tertiary/aromatic N) is 1. The van der Waals surface area contributed by atoms with Gasteiger partial charge in [-0.05, 0) is 74.5 Å². The third kappa shape index (κ3) is 2.36. The summed E-state index contributed by atoms with van der Waals surface area (Å²) in [7, 11) is 1.88. The summed E-state index contributed by atoms with van der Waals surface area (Å²) in [6.07, 6.45) is 12.0. The number of carbonyl (C=O) groups is 1. The Kier molecular flexibility index (Phi) is 3.47. The highest BCUT2D eigenvalue weighted by Gasteiger charge is 2.60. The van der Waals surface area contributed by atoms with Crippen molar-refractivity contribution in [1.29, 1.82) is 0 Å².